The number of rotatable bonds is 10. The van der Waals surface area contributed by atoms with Crippen LogP contribution in [0.4, 0.5) is 0 Å². The van der Waals surface area contributed by atoms with Crippen molar-refractivity contribution in [3.63, 3.8) is 0 Å². The minimum absolute atomic E-state index is 0.547. The van der Waals surface area contributed by atoms with Crippen LogP contribution >= 0.6 is 8.25 Å². The van der Waals surface area contributed by atoms with Gasteiger partial charge in [0.25, 0.3) is 0 Å². The Balaban J connectivity index is 1.85. The van der Waals surface area contributed by atoms with Gasteiger partial charge in [0.1, 0.15) is 11.5 Å². The van der Waals surface area contributed by atoms with Crippen LogP contribution < -0.4 is 9.47 Å². The van der Waals surface area contributed by atoms with Crippen LogP contribution in [0.25, 0.3) is 0 Å². The standard InChI is InChI=1S/C18H23O5P/c1-3-17(20-15-11-7-5-8-12-15)22-24(19)23-18(4-2)21-16-13-9-6-10-14-16/h5-14,17-18,24H,3-4H2,1-2H3. The van der Waals surface area contributed by atoms with Crippen molar-refractivity contribution in [2.75, 3.05) is 0 Å². The van der Waals surface area contributed by atoms with Gasteiger partial charge < -0.3 is 9.47 Å². The van der Waals surface area contributed by atoms with E-state index >= 15 is 0 Å². The average Bonchev–Trinajstić information content (AvgIpc) is 2.62. The van der Waals surface area contributed by atoms with Gasteiger partial charge in [0.2, 0.25) is 12.6 Å². The van der Waals surface area contributed by atoms with E-state index in [0.29, 0.717) is 24.3 Å². The first-order chi connectivity index (χ1) is 11.7. The summed E-state index contributed by atoms with van der Waals surface area (Å²) in [5.41, 5.74) is 0. The quantitative estimate of drug-likeness (QED) is 0.444. The van der Waals surface area contributed by atoms with Crippen LogP contribution in [0.2, 0.25) is 0 Å². The van der Waals surface area contributed by atoms with Gasteiger partial charge in [-0.25, -0.2) is 0 Å². The van der Waals surface area contributed by atoms with E-state index in [2.05, 4.69) is 0 Å². The molecule has 0 aromatic heterocycles. The fraction of sp³-hybridized carbons (Fsp3) is 0.333. The lowest BCUT2D eigenvalue weighted by molar-refractivity contribution is -0.0395. The molecule has 2 aromatic rings. The largest absolute Gasteiger partial charge is 0.464 e. The molecule has 0 heterocycles. The zero-order chi connectivity index (χ0) is 17.2. The third-order valence-corrected chi connectivity index (χ3v) is 4.05. The second-order valence-electron chi connectivity index (χ2n) is 5.02. The molecule has 130 valence electrons. The summed E-state index contributed by atoms with van der Waals surface area (Å²) in [7, 11) is -2.75. The van der Waals surface area contributed by atoms with Gasteiger partial charge in [0.05, 0.1) is 0 Å². The molecule has 0 amide bonds. The van der Waals surface area contributed by atoms with E-state index in [9.17, 15) is 4.57 Å². The van der Waals surface area contributed by atoms with Crippen LogP contribution in [0.15, 0.2) is 60.7 Å². The van der Waals surface area contributed by atoms with Crippen LogP contribution in [-0.2, 0) is 13.6 Å². The number of hydrogen-bond acceptors (Lipinski definition) is 5. The highest BCUT2D eigenvalue weighted by Gasteiger charge is 2.18. The Morgan fingerprint density at radius 3 is 1.46 bits per heavy atom. The van der Waals surface area contributed by atoms with Crippen LogP contribution in [0.5, 0.6) is 11.5 Å². The first-order valence-corrected chi connectivity index (χ1v) is 9.24. The Kier molecular flexibility index (Phi) is 7.83. The van der Waals surface area contributed by atoms with Gasteiger partial charge >= 0.3 is 8.25 Å². The fourth-order valence-corrected chi connectivity index (χ4v) is 2.84. The molecule has 0 aliphatic heterocycles. The van der Waals surface area contributed by atoms with Crippen molar-refractivity contribution in [3.8, 4) is 11.5 Å². The first-order valence-electron chi connectivity index (χ1n) is 8.02. The van der Waals surface area contributed by atoms with E-state index < -0.39 is 20.8 Å². The molecule has 0 radical (unpaired) electrons. The van der Waals surface area contributed by atoms with Gasteiger partial charge in [-0.05, 0) is 24.3 Å². The number of ether oxygens (including phenoxy) is 2. The molecule has 2 aromatic carbocycles. The van der Waals surface area contributed by atoms with Crippen LogP contribution in [0, 0.1) is 0 Å². The maximum atomic E-state index is 12.1. The molecule has 0 saturated carbocycles. The molecule has 0 fully saturated rings. The highest BCUT2D eigenvalue weighted by atomic mass is 31.1. The van der Waals surface area contributed by atoms with Crippen molar-refractivity contribution in [2.24, 2.45) is 0 Å². The number of benzene rings is 2. The van der Waals surface area contributed by atoms with Gasteiger partial charge in [0, 0.05) is 12.8 Å². The fourth-order valence-electron chi connectivity index (χ4n) is 1.93. The van der Waals surface area contributed by atoms with E-state index in [1.807, 2.05) is 74.5 Å². The maximum Gasteiger partial charge on any atom is 0.325 e. The third-order valence-electron chi connectivity index (χ3n) is 3.14. The highest BCUT2D eigenvalue weighted by Crippen LogP contribution is 2.31. The topological polar surface area (TPSA) is 54.0 Å². The summed E-state index contributed by atoms with van der Waals surface area (Å²) in [4.78, 5) is 0. The van der Waals surface area contributed by atoms with E-state index in [-0.39, 0.29) is 0 Å². The van der Waals surface area contributed by atoms with Crippen molar-refractivity contribution in [1.29, 1.82) is 0 Å². The Labute approximate surface area is 143 Å². The maximum absolute atomic E-state index is 12.1. The smallest absolute Gasteiger partial charge is 0.325 e. The van der Waals surface area contributed by atoms with Gasteiger partial charge in [-0.1, -0.05) is 50.2 Å². The minimum atomic E-state index is -2.75. The van der Waals surface area contributed by atoms with E-state index in [4.69, 9.17) is 18.5 Å². The summed E-state index contributed by atoms with van der Waals surface area (Å²) < 4.78 is 34.2. The summed E-state index contributed by atoms with van der Waals surface area (Å²) >= 11 is 0. The number of para-hydroxylation sites is 2. The molecule has 0 aliphatic carbocycles. The summed E-state index contributed by atoms with van der Waals surface area (Å²) in [6, 6.07) is 18.5. The van der Waals surface area contributed by atoms with Crippen molar-refractivity contribution in [3.05, 3.63) is 60.7 Å². The highest BCUT2D eigenvalue weighted by molar-refractivity contribution is 7.33. The predicted molar refractivity (Wildman–Crippen MR) is 93.5 cm³/mol. The molecule has 0 saturated heterocycles. The Morgan fingerprint density at radius 1 is 0.750 bits per heavy atom. The molecule has 2 unspecified atom stereocenters. The van der Waals surface area contributed by atoms with Crippen LogP contribution in [-0.4, -0.2) is 12.6 Å². The van der Waals surface area contributed by atoms with Crippen LogP contribution in [0.1, 0.15) is 26.7 Å². The van der Waals surface area contributed by atoms with Crippen molar-refractivity contribution < 1.29 is 23.1 Å². The minimum Gasteiger partial charge on any atom is -0.464 e. The third kappa shape index (κ3) is 6.36. The van der Waals surface area contributed by atoms with Crippen molar-refractivity contribution in [2.45, 2.75) is 39.3 Å². The molecule has 0 spiro atoms. The summed E-state index contributed by atoms with van der Waals surface area (Å²) in [5, 5.41) is 0. The molecule has 0 bridgehead atoms. The molecule has 0 N–H and O–H groups in total. The van der Waals surface area contributed by atoms with Crippen molar-refractivity contribution in [1.82, 2.24) is 0 Å². The lowest BCUT2D eigenvalue weighted by Crippen LogP contribution is -2.20. The SMILES string of the molecule is CCC(Oc1ccccc1)O[PH](=O)OC(CC)Oc1ccccc1. The Hall–Kier alpha value is -1.81. The molecular formula is C18H23O5P. The normalized spacial score (nSPS) is 14.6. The van der Waals surface area contributed by atoms with E-state index in [1.54, 1.807) is 0 Å². The molecule has 0 aliphatic rings. The first kappa shape index (κ1) is 18.5. The molecule has 24 heavy (non-hydrogen) atoms. The van der Waals surface area contributed by atoms with E-state index in [0.717, 1.165) is 0 Å². The second kappa shape index (κ2) is 10.1. The van der Waals surface area contributed by atoms with Crippen LogP contribution in [0.3, 0.4) is 0 Å². The second-order valence-corrected chi connectivity index (χ2v) is 5.99. The van der Waals surface area contributed by atoms with Gasteiger partial charge in [-0.2, -0.15) is 0 Å². The Morgan fingerprint density at radius 2 is 1.12 bits per heavy atom. The molecular weight excluding hydrogens is 327 g/mol. The average molecular weight is 350 g/mol. The Bertz CT molecular complexity index is 552. The zero-order valence-electron chi connectivity index (χ0n) is 13.9. The summed E-state index contributed by atoms with van der Waals surface area (Å²) in [6.07, 6.45) is -0.170. The van der Waals surface area contributed by atoms with E-state index in [1.165, 1.54) is 0 Å². The molecule has 2 atom stereocenters. The molecule has 6 heteroatoms. The lowest BCUT2D eigenvalue weighted by atomic mass is 10.3. The zero-order valence-corrected chi connectivity index (χ0v) is 14.9. The van der Waals surface area contributed by atoms with Gasteiger partial charge in [-0.3, -0.25) is 13.6 Å². The predicted octanol–water partition coefficient (Wildman–Crippen LogP) is 5.04. The number of hydrogen-bond donors (Lipinski definition) is 0. The van der Waals surface area contributed by atoms with Gasteiger partial charge in [0.15, 0.2) is 0 Å². The van der Waals surface area contributed by atoms with Gasteiger partial charge in [-0.15, -0.1) is 0 Å². The summed E-state index contributed by atoms with van der Waals surface area (Å²) in [5.74, 6) is 1.32. The monoisotopic (exact) mass is 350 g/mol. The molecule has 5 nitrogen and oxygen atoms in total. The summed E-state index contributed by atoms with van der Waals surface area (Å²) in [6.45, 7) is 3.78. The van der Waals surface area contributed by atoms with Crippen molar-refractivity contribution >= 4 is 8.25 Å². The molecule has 2 rings (SSSR count). The lowest BCUT2D eigenvalue weighted by Gasteiger charge is -2.21.